The first-order chi connectivity index (χ1) is 8.18. The lowest BCUT2D eigenvalue weighted by Crippen LogP contribution is -2.32. The predicted octanol–water partition coefficient (Wildman–Crippen LogP) is 1.31. The van der Waals surface area contributed by atoms with Crippen LogP contribution in [0.3, 0.4) is 0 Å². The molecule has 1 aliphatic heterocycles. The number of hydrogen-bond acceptors (Lipinski definition) is 3. The Morgan fingerprint density at radius 2 is 2.12 bits per heavy atom. The van der Waals surface area contributed by atoms with Gasteiger partial charge in [0.15, 0.2) is 0 Å². The van der Waals surface area contributed by atoms with Crippen molar-refractivity contribution in [2.45, 2.75) is 5.92 Å². The Kier molecular flexibility index (Phi) is 3.27. The summed E-state index contributed by atoms with van der Waals surface area (Å²) in [5.74, 6) is -1.64. The number of rotatable bonds is 4. The number of carbonyl (C=O) groups excluding carboxylic acids is 1. The highest BCUT2D eigenvalue weighted by molar-refractivity contribution is 5.78. The van der Waals surface area contributed by atoms with Gasteiger partial charge in [-0.15, -0.1) is 0 Å². The first-order valence-corrected chi connectivity index (χ1v) is 5.38. The fourth-order valence-electron chi connectivity index (χ4n) is 1.82. The number of hydrogen-bond donors (Lipinski definition) is 1. The molecule has 5 nitrogen and oxygen atoms in total. The second kappa shape index (κ2) is 4.86. The SMILES string of the molecule is O=C(O)C(CN1CCOC1=O)c1ccccc1. The fourth-order valence-corrected chi connectivity index (χ4v) is 1.82. The van der Waals surface area contributed by atoms with E-state index in [-0.39, 0.29) is 6.54 Å². The topological polar surface area (TPSA) is 66.8 Å². The number of carbonyl (C=O) groups is 2. The summed E-state index contributed by atoms with van der Waals surface area (Å²) in [5.41, 5.74) is 0.694. The van der Waals surface area contributed by atoms with Crippen molar-refractivity contribution in [3.05, 3.63) is 35.9 Å². The average Bonchev–Trinajstić information content (AvgIpc) is 2.72. The van der Waals surface area contributed by atoms with Crippen LogP contribution >= 0.6 is 0 Å². The van der Waals surface area contributed by atoms with Crippen molar-refractivity contribution in [3.8, 4) is 0 Å². The van der Waals surface area contributed by atoms with E-state index < -0.39 is 18.0 Å². The molecule has 0 bridgehead atoms. The third-order valence-electron chi connectivity index (χ3n) is 2.75. The van der Waals surface area contributed by atoms with E-state index in [0.717, 1.165) is 0 Å². The minimum absolute atomic E-state index is 0.151. The summed E-state index contributed by atoms with van der Waals surface area (Å²) in [4.78, 5) is 23.9. The maximum Gasteiger partial charge on any atom is 0.409 e. The van der Waals surface area contributed by atoms with Gasteiger partial charge in [0.05, 0.1) is 12.5 Å². The van der Waals surface area contributed by atoms with Crippen molar-refractivity contribution in [2.24, 2.45) is 0 Å². The number of carboxylic acids is 1. The summed E-state index contributed by atoms with van der Waals surface area (Å²) in [5, 5.41) is 9.19. The molecule has 17 heavy (non-hydrogen) atoms. The zero-order valence-electron chi connectivity index (χ0n) is 9.20. The molecule has 1 aromatic rings. The molecule has 1 aliphatic rings. The van der Waals surface area contributed by atoms with E-state index >= 15 is 0 Å². The molecule has 1 fully saturated rings. The minimum atomic E-state index is -0.934. The first kappa shape index (κ1) is 11.4. The van der Waals surface area contributed by atoms with Crippen LogP contribution in [-0.4, -0.2) is 41.8 Å². The number of amides is 1. The van der Waals surface area contributed by atoms with Crippen LogP contribution in [0.2, 0.25) is 0 Å². The maximum atomic E-state index is 11.3. The summed E-state index contributed by atoms with van der Waals surface area (Å²) in [6.07, 6.45) is -0.438. The van der Waals surface area contributed by atoms with Gasteiger partial charge < -0.3 is 14.7 Å². The van der Waals surface area contributed by atoms with Crippen molar-refractivity contribution in [1.82, 2.24) is 4.90 Å². The molecule has 0 saturated carbocycles. The van der Waals surface area contributed by atoms with Gasteiger partial charge in [-0.2, -0.15) is 0 Å². The predicted molar refractivity (Wildman–Crippen MR) is 59.7 cm³/mol. The van der Waals surface area contributed by atoms with E-state index in [1.54, 1.807) is 24.3 Å². The number of benzene rings is 1. The molecule has 90 valence electrons. The Labute approximate surface area is 98.6 Å². The van der Waals surface area contributed by atoms with Crippen LogP contribution in [-0.2, 0) is 9.53 Å². The molecule has 1 saturated heterocycles. The molecule has 5 heteroatoms. The number of aliphatic carboxylic acids is 1. The van der Waals surface area contributed by atoms with Crippen LogP contribution in [0, 0.1) is 0 Å². The van der Waals surface area contributed by atoms with Crippen LogP contribution in [0.1, 0.15) is 11.5 Å². The highest BCUT2D eigenvalue weighted by Gasteiger charge is 2.29. The van der Waals surface area contributed by atoms with Crippen molar-refractivity contribution in [2.75, 3.05) is 19.7 Å². The molecule has 0 spiro atoms. The maximum absolute atomic E-state index is 11.3. The van der Waals surface area contributed by atoms with E-state index in [1.165, 1.54) is 4.90 Å². The van der Waals surface area contributed by atoms with Gasteiger partial charge in [-0.25, -0.2) is 4.79 Å². The van der Waals surface area contributed by atoms with Gasteiger partial charge in [-0.3, -0.25) is 4.79 Å². The van der Waals surface area contributed by atoms with Crippen LogP contribution in [0.5, 0.6) is 0 Å². The zero-order valence-corrected chi connectivity index (χ0v) is 9.20. The lowest BCUT2D eigenvalue weighted by molar-refractivity contribution is -0.139. The van der Waals surface area contributed by atoms with Crippen LogP contribution in [0.4, 0.5) is 4.79 Å². The lowest BCUT2D eigenvalue weighted by Gasteiger charge is -2.18. The molecule has 1 N–H and O–H groups in total. The molecule has 1 aromatic carbocycles. The molecule has 1 atom stereocenters. The molecule has 0 aromatic heterocycles. The highest BCUT2D eigenvalue weighted by atomic mass is 16.6. The Morgan fingerprint density at radius 3 is 2.65 bits per heavy atom. The van der Waals surface area contributed by atoms with Crippen molar-refractivity contribution >= 4 is 12.1 Å². The Bertz CT molecular complexity index is 418. The molecular weight excluding hydrogens is 222 g/mol. The van der Waals surface area contributed by atoms with Crippen molar-refractivity contribution < 1.29 is 19.4 Å². The Balaban J connectivity index is 2.13. The number of cyclic esters (lactones) is 1. The molecule has 2 rings (SSSR count). The summed E-state index contributed by atoms with van der Waals surface area (Å²) < 4.78 is 4.78. The van der Waals surface area contributed by atoms with E-state index in [1.807, 2.05) is 6.07 Å². The average molecular weight is 235 g/mol. The molecule has 1 amide bonds. The third kappa shape index (κ3) is 2.55. The normalized spacial score (nSPS) is 16.7. The standard InChI is InChI=1S/C12H13NO4/c14-11(15)10(9-4-2-1-3-5-9)8-13-6-7-17-12(13)16/h1-5,10H,6-8H2,(H,14,15). The quantitative estimate of drug-likeness (QED) is 0.854. The van der Waals surface area contributed by atoms with Gasteiger partial charge in [0, 0.05) is 6.54 Å². The van der Waals surface area contributed by atoms with Gasteiger partial charge in [-0.1, -0.05) is 30.3 Å². The monoisotopic (exact) mass is 235 g/mol. The zero-order chi connectivity index (χ0) is 12.3. The Morgan fingerprint density at radius 1 is 1.41 bits per heavy atom. The smallest absolute Gasteiger partial charge is 0.409 e. The second-order valence-corrected chi connectivity index (χ2v) is 3.86. The van der Waals surface area contributed by atoms with E-state index in [0.29, 0.717) is 18.7 Å². The molecular formula is C12H13NO4. The summed E-state index contributed by atoms with van der Waals surface area (Å²) >= 11 is 0. The van der Waals surface area contributed by atoms with Gasteiger partial charge in [0.25, 0.3) is 0 Å². The van der Waals surface area contributed by atoms with Crippen LogP contribution in [0.15, 0.2) is 30.3 Å². The van der Waals surface area contributed by atoms with Crippen LogP contribution < -0.4 is 0 Å². The second-order valence-electron chi connectivity index (χ2n) is 3.86. The molecule has 0 radical (unpaired) electrons. The largest absolute Gasteiger partial charge is 0.481 e. The van der Waals surface area contributed by atoms with Gasteiger partial charge in [0.1, 0.15) is 6.61 Å². The summed E-state index contributed by atoms with van der Waals surface area (Å²) in [7, 11) is 0. The lowest BCUT2D eigenvalue weighted by atomic mass is 9.99. The fraction of sp³-hybridized carbons (Fsp3) is 0.333. The number of carboxylic acid groups (broad SMARTS) is 1. The van der Waals surface area contributed by atoms with E-state index in [2.05, 4.69) is 0 Å². The number of ether oxygens (including phenoxy) is 1. The van der Waals surface area contributed by atoms with Crippen LogP contribution in [0.25, 0.3) is 0 Å². The first-order valence-electron chi connectivity index (χ1n) is 5.38. The number of nitrogens with zero attached hydrogens (tertiary/aromatic N) is 1. The molecule has 1 heterocycles. The third-order valence-corrected chi connectivity index (χ3v) is 2.75. The van der Waals surface area contributed by atoms with Crippen molar-refractivity contribution in [1.29, 1.82) is 0 Å². The summed E-state index contributed by atoms with van der Waals surface area (Å²) in [6, 6.07) is 8.90. The molecule has 1 unspecified atom stereocenters. The van der Waals surface area contributed by atoms with Gasteiger partial charge >= 0.3 is 12.1 Å². The van der Waals surface area contributed by atoms with Crippen molar-refractivity contribution in [3.63, 3.8) is 0 Å². The van der Waals surface area contributed by atoms with E-state index in [4.69, 9.17) is 4.74 Å². The minimum Gasteiger partial charge on any atom is -0.481 e. The molecule has 0 aliphatic carbocycles. The summed E-state index contributed by atoms with van der Waals surface area (Å²) in [6.45, 7) is 0.938. The van der Waals surface area contributed by atoms with Gasteiger partial charge in [-0.05, 0) is 5.56 Å². The Hall–Kier alpha value is -2.04. The van der Waals surface area contributed by atoms with Gasteiger partial charge in [0.2, 0.25) is 0 Å². The highest BCUT2D eigenvalue weighted by Crippen LogP contribution is 2.19. The van der Waals surface area contributed by atoms with E-state index in [9.17, 15) is 14.7 Å².